The summed E-state index contributed by atoms with van der Waals surface area (Å²) in [5, 5.41) is 4.14. The summed E-state index contributed by atoms with van der Waals surface area (Å²) in [7, 11) is 0. The van der Waals surface area contributed by atoms with Gasteiger partial charge in [-0.3, -0.25) is 0 Å². The fraction of sp³-hybridized carbons (Fsp3) is 0.857. The van der Waals surface area contributed by atoms with E-state index in [1.807, 2.05) is 6.92 Å². The zero-order valence-corrected chi connectivity index (χ0v) is 12.2. The molecular formula is C14H25N3O2. The number of hydrogen-bond donors (Lipinski definition) is 1. The fourth-order valence-electron chi connectivity index (χ4n) is 2.71. The second-order valence-corrected chi connectivity index (χ2v) is 5.50. The SMILES string of the molecule is CCOC1(c2noc(C(N)C(C)CC)n2)CCCC1. The van der Waals surface area contributed by atoms with Crippen molar-refractivity contribution in [2.45, 2.75) is 64.5 Å². The topological polar surface area (TPSA) is 74.2 Å². The summed E-state index contributed by atoms with van der Waals surface area (Å²) in [4.78, 5) is 4.52. The summed E-state index contributed by atoms with van der Waals surface area (Å²) >= 11 is 0. The molecular weight excluding hydrogens is 242 g/mol. The van der Waals surface area contributed by atoms with E-state index in [1.165, 1.54) is 0 Å². The Kier molecular flexibility index (Phi) is 4.58. The second kappa shape index (κ2) is 6.01. The maximum atomic E-state index is 6.14. The van der Waals surface area contributed by atoms with Gasteiger partial charge in [0, 0.05) is 6.61 Å². The molecule has 1 saturated carbocycles. The lowest BCUT2D eigenvalue weighted by Crippen LogP contribution is -2.28. The van der Waals surface area contributed by atoms with Crippen LogP contribution >= 0.6 is 0 Å². The molecule has 1 aromatic heterocycles. The molecule has 1 aliphatic carbocycles. The maximum Gasteiger partial charge on any atom is 0.243 e. The smallest absolute Gasteiger partial charge is 0.243 e. The first kappa shape index (κ1) is 14.5. The van der Waals surface area contributed by atoms with Crippen molar-refractivity contribution in [3.8, 4) is 0 Å². The van der Waals surface area contributed by atoms with Gasteiger partial charge in [-0.1, -0.05) is 25.4 Å². The highest BCUT2D eigenvalue weighted by Gasteiger charge is 2.41. The van der Waals surface area contributed by atoms with Crippen molar-refractivity contribution in [2.75, 3.05) is 6.61 Å². The van der Waals surface area contributed by atoms with Crippen LogP contribution in [0.1, 0.15) is 70.6 Å². The van der Waals surface area contributed by atoms with Crippen molar-refractivity contribution >= 4 is 0 Å². The standard InChI is InChI=1S/C14H25N3O2/c1-4-10(3)11(15)12-16-13(17-19-12)14(18-5-2)8-6-7-9-14/h10-11H,4-9,15H2,1-3H3. The highest BCUT2D eigenvalue weighted by atomic mass is 16.5. The van der Waals surface area contributed by atoms with Gasteiger partial charge in [-0.2, -0.15) is 4.98 Å². The lowest BCUT2D eigenvalue weighted by Gasteiger charge is -2.24. The third kappa shape index (κ3) is 2.82. The second-order valence-electron chi connectivity index (χ2n) is 5.50. The van der Waals surface area contributed by atoms with Crippen molar-refractivity contribution in [3.05, 3.63) is 11.7 Å². The zero-order valence-electron chi connectivity index (χ0n) is 12.2. The molecule has 1 fully saturated rings. The van der Waals surface area contributed by atoms with Crippen molar-refractivity contribution in [2.24, 2.45) is 11.7 Å². The van der Waals surface area contributed by atoms with E-state index in [1.54, 1.807) is 0 Å². The number of nitrogens with two attached hydrogens (primary N) is 1. The van der Waals surface area contributed by atoms with Gasteiger partial charge in [0.1, 0.15) is 5.60 Å². The Balaban J connectivity index is 2.19. The number of ether oxygens (including phenoxy) is 1. The lowest BCUT2D eigenvalue weighted by molar-refractivity contribution is -0.0469. The molecule has 1 aromatic rings. The van der Waals surface area contributed by atoms with Gasteiger partial charge in [0.2, 0.25) is 11.7 Å². The lowest BCUT2D eigenvalue weighted by atomic mass is 9.99. The van der Waals surface area contributed by atoms with Crippen LogP contribution in [0.5, 0.6) is 0 Å². The molecule has 0 radical (unpaired) electrons. The van der Waals surface area contributed by atoms with Crippen LogP contribution in [0.4, 0.5) is 0 Å². The van der Waals surface area contributed by atoms with E-state index in [4.69, 9.17) is 15.0 Å². The van der Waals surface area contributed by atoms with Crippen LogP contribution in [0.25, 0.3) is 0 Å². The maximum absolute atomic E-state index is 6.14. The largest absolute Gasteiger partial charge is 0.367 e. The Bertz CT molecular complexity index is 399. The van der Waals surface area contributed by atoms with Crippen LogP contribution in [0.2, 0.25) is 0 Å². The van der Waals surface area contributed by atoms with Gasteiger partial charge in [0.25, 0.3) is 0 Å². The van der Waals surface area contributed by atoms with E-state index < -0.39 is 0 Å². The number of nitrogens with zero attached hydrogens (tertiary/aromatic N) is 2. The monoisotopic (exact) mass is 267 g/mol. The summed E-state index contributed by atoms with van der Waals surface area (Å²) in [6.07, 6.45) is 5.24. The van der Waals surface area contributed by atoms with Gasteiger partial charge in [0.05, 0.1) is 6.04 Å². The summed E-state index contributed by atoms with van der Waals surface area (Å²) in [6.45, 7) is 6.89. The number of hydrogen-bond acceptors (Lipinski definition) is 5. The fourth-order valence-corrected chi connectivity index (χ4v) is 2.71. The van der Waals surface area contributed by atoms with E-state index >= 15 is 0 Å². The molecule has 1 heterocycles. The minimum atomic E-state index is -0.342. The molecule has 2 N–H and O–H groups in total. The number of rotatable bonds is 6. The predicted octanol–water partition coefficient (Wildman–Crippen LogP) is 2.92. The van der Waals surface area contributed by atoms with Gasteiger partial charge >= 0.3 is 0 Å². The van der Waals surface area contributed by atoms with E-state index in [2.05, 4.69) is 24.0 Å². The number of aromatic nitrogens is 2. The average Bonchev–Trinajstić information content (AvgIpc) is 3.06. The molecule has 5 nitrogen and oxygen atoms in total. The molecule has 0 aliphatic heterocycles. The normalized spacial score (nSPS) is 21.5. The Labute approximate surface area is 114 Å². The van der Waals surface area contributed by atoms with Gasteiger partial charge in [-0.05, 0) is 38.5 Å². The molecule has 0 aromatic carbocycles. The highest BCUT2D eigenvalue weighted by Crippen LogP contribution is 2.41. The van der Waals surface area contributed by atoms with Crippen LogP contribution in [-0.4, -0.2) is 16.7 Å². The molecule has 2 rings (SSSR count). The van der Waals surface area contributed by atoms with Crippen molar-refractivity contribution in [3.63, 3.8) is 0 Å². The third-order valence-corrected chi connectivity index (χ3v) is 4.22. The van der Waals surface area contributed by atoms with E-state index in [0.717, 1.165) is 32.1 Å². The van der Waals surface area contributed by atoms with Gasteiger partial charge in [0.15, 0.2) is 0 Å². The summed E-state index contributed by atoms with van der Waals surface area (Å²) in [5.41, 5.74) is 5.80. The minimum absolute atomic E-state index is 0.189. The molecule has 0 bridgehead atoms. The molecule has 19 heavy (non-hydrogen) atoms. The van der Waals surface area contributed by atoms with Crippen molar-refractivity contribution in [1.29, 1.82) is 0 Å². The van der Waals surface area contributed by atoms with Crippen LogP contribution in [0.3, 0.4) is 0 Å². The Morgan fingerprint density at radius 2 is 2.05 bits per heavy atom. The van der Waals surface area contributed by atoms with Gasteiger partial charge < -0.3 is 15.0 Å². The first-order chi connectivity index (χ1) is 9.13. The summed E-state index contributed by atoms with van der Waals surface area (Å²) < 4.78 is 11.3. The third-order valence-electron chi connectivity index (χ3n) is 4.22. The Morgan fingerprint density at radius 1 is 1.37 bits per heavy atom. The molecule has 0 amide bonds. The highest BCUT2D eigenvalue weighted by molar-refractivity contribution is 5.06. The molecule has 2 unspecified atom stereocenters. The molecule has 0 spiro atoms. The quantitative estimate of drug-likeness (QED) is 0.857. The van der Waals surface area contributed by atoms with E-state index in [9.17, 15) is 0 Å². The van der Waals surface area contributed by atoms with E-state index in [-0.39, 0.29) is 11.6 Å². The molecule has 1 aliphatic rings. The van der Waals surface area contributed by atoms with Crippen molar-refractivity contribution in [1.82, 2.24) is 10.1 Å². The molecule has 0 saturated heterocycles. The van der Waals surface area contributed by atoms with E-state index in [0.29, 0.717) is 24.2 Å². The van der Waals surface area contributed by atoms with Crippen LogP contribution < -0.4 is 5.73 Å². The van der Waals surface area contributed by atoms with Crippen LogP contribution in [-0.2, 0) is 10.3 Å². The summed E-state index contributed by atoms with van der Waals surface area (Å²) in [6, 6.07) is -0.189. The van der Waals surface area contributed by atoms with Crippen LogP contribution in [0.15, 0.2) is 4.52 Å². The first-order valence-electron chi connectivity index (χ1n) is 7.36. The Morgan fingerprint density at radius 3 is 2.63 bits per heavy atom. The predicted molar refractivity (Wildman–Crippen MR) is 72.5 cm³/mol. The minimum Gasteiger partial charge on any atom is -0.367 e. The Hall–Kier alpha value is -0.940. The molecule has 2 atom stereocenters. The first-order valence-corrected chi connectivity index (χ1v) is 7.36. The molecule has 5 heteroatoms. The van der Waals surface area contributed by atoms with Crippen molar-refractivity contribution < 1.29 is 9.26 Å². The van der Waals surface area contributed by atoms with Crippen LogP contribution in [0, 0.1) is 5.92 Å². The average molecular weight is 267 g/mol. The molecule has 108 valence electrons. The van der Waals surface area contributed by atoms with Gasteiger partial charge in [-0.15, -0.1) is 0 Å². The van der Waals surface area contributed by atoms with Gasteiger partial charge in [-0.25, -0.2) is 0 Å². The zero-order chi connectivity index (χ0) is 13.9. The summed E-state index contributed by atoms with van der Waals surface area (Å²) in [5.74, 6) is 1.55.